The minimum Gasteiger partial charge on any atom is -0.258 e. The Hall–Kier alpha value is -1.23. The maximum Gasteiger partial charge on any atom is 0.305 e. The van der Waals surface area contributed by atoms with Crippen LogP contribution in [-0.4, -0.2) is 14.3 Å². The van der Waals surface area contributed by atoms with Crippen LogP contribution in [0.3, 0.4) is 0 Å². The van der Waals surface area contributed by atoms with Crippen molar-refractivity contribution in [1.29, 1.82) is 0 Å². The summed E-state index contributed by atoms with van der Waals surface area (Å²) in [4.78, 5) is 13.4. The van der Waals surface area contributed by atoms with E-state index in [1.807, 2.05) is 22.6 Å². The van der Waals surface area contributed by atoms with Crippen molar-refractivity contribution in [3.8, 4) is 11.4 Å². The topological polar surface area (TPSA) is 68.9 Å². The van der Waals surface area contributed by atoms with E-state index in [2.05, 4.69) is 9.36 Å². The number of benzene rings is 1. The number of rotatable bonds is 2. The molecule has 0 aliphatic heterocycles. The third kappa shape index (κ3) is 2.24. The van der Waals surface area contributed by atoms with Crippen molar-refractivity contribution in [2.45, 2.75) is 0 Å². The van der Waals surface area contributed by atoms with Gasteiger partial charge < -0.3 is 0 Å². The molecule has 0 atom stereocenters. The molecule has 0 bridgehead atoms. The van der Waals surface area contributed by atoms with Crippen LogP contribution in [0.5, 0.6) is 0 Å². The summed E-state index contributed by atoms with van der Waals surface area (Å²) < 4.78 is 31.4. The number of hydrogen-bond donors (Lipinski definition) is 0. The van der Waals surface area contributed by atoms with Crippen molar-refractivity contribution in [3.05, 3.63) is 36.9 Å². The SMILES string of the molecule is O=[N+]([O-])c1ccc(F)c(-c2nsc(I)n2)c1F. The number of aromatic nitrogens is 2. The minimum atomic E-state index is -1.26. The van der Waals surface area contributed by atoms with Crippen LogP contribution < -0.4 is 0 Å². The maximum atomic E-state index is 13.7. The Morgan fingerprint density at radius 3 is 2.65 bits per heavy atom. The summed E-state index contributed by atoms with van der Waals surface area (Å²) in [6.07, 6.45) is 0. The van der Waals surface area contributed by atoms with Gasteiger partial charge in [-0.25, -0.2) is 9.37 Å². The summed E-state index contributed by atoms with van der Waals surface area (Å²) in [5.74, 6) is -2.37. The summed E-state index contributed by atoms with van der Waals surface area (Å²) in [6.45, 7) is 0. The van der Waals surface area contributed by atoms with Crippen LogP contribution in [0, 0.1) is 24.8 Å². The summed E-state index contributed by atoms with van der Waals surface area (Å²) in [7, 11) is 0. The fraction of sp³-hybridized carbons (Fsp3) is 0. The van der Waals surface area contributed by atoms with E-state index in [0.717, 1.165) is 23.7 Å². The smallest absolute Gasteiger partial charge is 0.258 e. The van der Waals surface area contributed by atoms with E-state index in [0.29, 0.717) is 3.01 Å². The molecule has 9 heteroatoms. The van der Waals surface area contributed by atoms with Crippen LogP contribution in [0.25, 0.3) is 11.4 Å². The highest BCUT2D eigenvalue weighted by atomic mass is 127. The molecule has 88 valence electrons. The Labute approximate surface area is 111 Å². The largest absolute Gasteiger partial charge is 0.305 e. The predicted molar refractivity (Wildman–Crippen MR) is 64.6 cm³/mol. The van der Waals surface area contributed by atoms with Crippen LogP contribution in [0.4, 0.5) is 14.5 Å². The zero-order valence-electron chi connectivity index (χ0n) is 7.85. The highest BCUT2D eigenvalue weighted by molar-refractivity contribution is 14.1. The van der Waals surface area contributed by atoms with Crippen LogP contribution in [0.2, 0.25) is 0 Å². The second kappa shape index (κ2) is 4.56. The quantitative estimate of drug-likeness (QED) is 0.464. The molecule has 2 aromatic rings. The molecule has 0 saturated carbocycles. The Morgan fingerprint density at radius 1 is 1.41 bits per heavy atom. The molecular weight excluding hydrogens is 367 g/mol. The number of nitro benzene ring substituents is 1. The lowest BCUT2D eigenvalue weighted by Gasteiger charge is -2.00. The van der Waals surface area contributed by atoms with Crippen LogP contribution >= 0.6 is 34.1 Å². The summed E-state index contributed by atoms with van der Waals surface area (Å²) in [5.41, 5.74) is -1.37. The molecule has 1 aromatic heterocycles. The van der Waals surface area contributed by atoms with E-state index in [1.54, 1.807) is 0 Å². The van der Waals surface area contributed by atoms with Crippen molar-refractivity contribution >= 4 is 39.8 Å². The molecule has 0 saturated heterocycles. The van der Waals surface area contributed by atoms with Gasteiger partial charge in [0.05, 0.1) is 10.5 Å². The van der Waals surface area contributed by atoms with Crippen molar-refractivity contribution in [3.63, 3.8) is 0 Å². The minimum absolute atomic E-state index is 0.182. The molecule has 1 heterocycles. The van der Waals surface area contributed by atoms with Crippen LogP contribution in [0.15, 0.2) is 12.1 Å². The van der Waals surface area contributed by atoms with Gasteiger partial charge in [0.15, 0.2) is 8.84 Å². The Bertz CT molecular complexity index is 604. The maximum absolute atomic E-state index is 13.7. The van der Waals surface area contributed by atoms with Crippen molar-refractivity contribution < 1.29 is 13.7 Å². The lowest BCUT2D eigenvalue weighted by atomic mass is 10.1. The predicted octanol–water partition coefficient (Wildman–Crippen LogP) is 3.00. The van der Waals surface area contributed by atoms with Gasteiger partial charge in [-0.05, 0) is 40.2 Å². The highest BCUT2D eigenvalue weighted by Gasteiger charge is 2.24. The first-order valence-corrected chi connectivity index (χ1v) is 5.98. The lowest BCUT2D eigenvalue weighted by molar-refractivity contribution is -0.387. The van der Waals surface area contributed by atoms with E-state index in [1.165, 1.54) is 0 Å². The Kier molecular flexibility index (Phi) is 3.28. The van der Waals surface area contributed by atoms with Gasteiger partial charge in [0, 0.05) is 6.07 Å². The van der Waals surface area contributed by atoms with Gasteiger partial charge >= 0.3 is 5.69 Å². The second-order valence-corrected chi connectivity index (χ2v) is 5.39. The molecule has 0 N–H and O–H groups in total. The zero-order chi connectivity index (χ0) is 12.6. The van der Waals surface area contributed by atoms with Gasteiger partial charge in [-0.1, -0.05) is 0 Å². The normalized spacial score (nSPS) is 10.5. The number of nitrogens with zero attached hydrogens (tertiary/aromatic N) is 3. The third-order valence-corrected chi connectivity index (χ3v) is 3.23. The van der Waals surface area contributed by atoms with E-state index in [4.69, 9.17) is 0 Å². The number of halogens is 3. The monoisotopic (exact) mass is 369 g/mol. The molecule has 0 aliphatic rings. The van der Waals surface area contributed by atoms with Crippen molar-refractivity contribution in [1.82, 2.24) is 9.36 Å². The fourth-order valence-corrected chi connectivity index (χ4v) is 2.14. The molecule has 17 heavy (non-hydrogen) atoms. The Balaban J connectivity index is 2.68. The first-order chi connectivity index (χ1) is 8.00. The third-order valence-electron chi connectivity index (χ3n) is 1.89. The van der Waals surface area contributed by atoms with Gasteiger partial charge in [-0.15, -0.1) is 0 Å². The van der Waals surface area contributed by atoms with Crippen molar-refractivity contribution in [2.75, 3.05) is 0 Å². The first kappa shape index (κ1) is 12.2. The van der Waals surface area contributed by atoms with Crippen molar-refractivity contribution in [2.24, 2.45) is 0 Å². The van der Waals surface area contributed by atoms with E-state index in [9.17, 15) is 18.9 Å². The molecular formula is C8H2F2IN3O2S. The summed E-state index contributed by atoms with van der Waals surface area (Å²) >= 11 is 2.79. The molecule has 2 rings (SSSR count). The average molecular weight is 369 g/mol. The van der Waals surface area contributed by atoms with E-state index in [-0.39, 0.29) is 5.82 Å². The van der Waals surface area contributed by atoms with Gasteiger partial charge in [0.25, 0.3) is 0 Å². The molecule has 5 nitrogen and oxygen atoms in total. The number of nitro groups is 1. The molecule has 0 spiro atoms. The standard InChI is InChI=1S/C8H2F2IN3O2S/c9-3-1-2-4(14(15)16)6(10)5(3)7-12-8(11)17-13-7/h1-2H. The van der Waals surface area contributed by atoms with E-state index >= 15 is 0 Å². The van der Waals surface area contributed by atoms with Gasteiger partial charge in [0.2, 0.25) is 5.82 Å². The first-order valence-electron chi connectivity index (χ1n) is 4.12. The van der Waals surface area contributed by atoms with Gasteiger partial charge in [-0.2, -0.15) is 8.76 Å². The summed E-state index contributed by atoms with van der Waals surface area (Å²) in [6, 6.07) is 1.59. The second-order valence-electron chi connectivity index (χ2n) is 2.88. The van der Waals surface area contributed by atoms with Gasteiger partial charge in [0.1, 0.15) is 5.82 Å². The number of hydrogen-bond acceptors (Lipinski definition) is 5. The summed E-state index contributed by atoms with van der Waals surface area (Å²) in [5, 5.41) is 10.5. The van der Waals surface area contributed by atoms with Gasteiger partial charge in [-0.3, -0.25) is 10.1 Å². The fourth-order valence-electron chi connectivity index (χ4n) is 1.19. The molecule has 0 unspecified atom stereocenters. The average Bonchev–Trinajstić information content (AvgIpc) is 2.64. The lowest BCUT2D eigenvalue weighted by Crippen LogP contribution is -1.98. The van der Waals surface area contributed by atoms with Crippen LogP contribution in [-0.2, 0) is 0 Å². The van der Waals surface area contributed by atoms with Crippen LogP contribution in [0.1, 0.15) is 0 Å². The van der Waals surface area contributed by atoms with E-state index < -0.39 is 27.8 Å². The zero-order valence-corrected chi connectivity index (χ0v) is 10.8. The molecule has 0 amide bonds. The molecule has 0 fully saturated rings. The highest BCUT2D eigenvalue weighted by Crippen LogP contribution is 2.30. The molecule has 0 aliphatic carbocycles. The molecule has 1 aromatic carbocycles. The molecule has 0 radical (unpaired) electrons. The Morgan fingerprint density at radius 2 is 2.12 bits per heavy atom.